The molecular formula is C22H13I2N. The number of benzene rings is 4. The topological polar surface area (TPSA) is 4.93 Å². The molecule has 25 heavy (non-hydrogen) atoms. The highest BCUT2D eigenvalue weighted by atomic mass is 127. The molecule has 0 fully saturated rings. The smallest absolute Gasteiger partial charge is 0.0620 e. The molecule has 5 aromatic rings. The van der Waals surface area contributed by atoms with Gasteiger partial charge in [0.1, 0.15) is 0 Å². The standard InChI is InChI=1S/C22H13I2N/c23-14-10-11-21-18(12-14)19-13-20(24)16-8-4-5-9-17(16)22(19)25(21)15-6-2-1-3-7-15/h1-13H. The summed E-state index contributed by atoms with van der Waals surface area (Å²) >= 11 is 4.86. The third kappa shape index (κ3) is 2.39. The van der Waals surface area contributed by atoms with Crippen molar-refractivity contribution in [3.63, 3.8) is 0 Å². The summed E-state index contributed by atoms with van der Waals surface area (Å²) < 4.78 is 4.96. The Morgan fingerprint density at radius 3 is 2.12 bits per heavy atom. The molecule has 0 unspecified atom stereocenters. The van der Waals surface area contributed by atoms with Crippen molar-refractivity contribution in [1.29, 1.82) is 0 Å². The minimum atomic E-state index is 1.20. The molecule has 0 amide bonds. The van der Waals surface area contributed by atoms with E-state index in [1.807, 2.05) is 0 Å². The van der Waals surface area contributed by atoms with Crippen molar-refractivity contribution >= 4 is 77.8 Å². The third-order valence-electron chi connectivity index (χ3n) is 4.69. The summed E-state index contributed by atoms with van der Waals surface area (Å²) in [6, 6.07) is 28.4. The molecule has 0 bridgehead atoms. The molecule has 5 rings (SSSR count). The number of hydrogen-bond acceptors (Lipinski definition) is 0. The highest BCUT2D eigenvalue weighted by Gasteiger charge is 2.16. The summed E-state index contributed by atoms with van der Waals surface area (Å²) in [4.78, 5) is 0. The number of aromatic nitrogens is 1. The van der Waals surface area contributed by atoms with E-state index in [-0.39, 0.29) is 0 Å². The molecule has 0 atom stereocenters. The van der Waals surface area contributed by atoms with E-state index in [4.69, 9.17) is 0 Å². The molecule has 0 spiro atoms. The maximum Gasteiger partial charge on any atom is 0.0620 e. The lowest BCUT2D eigenvalue weighted by Gasteiger charge is -2.10. The van der Waals surface area contributed by atoms with Gasteiger partial charge in [-0.2, -0.15) is 0 Å². The quantitative estimate of drug-likeness (QED) is 0.198. The van der Waals surface area contributed by atoms with Crippen LogP contribution in [0, 0.1) is 7.14 Å². The van der Waals surface area contributed by atoms with Crippen LogP contribution < -0.4 is 0 Å². The van der Waals surface area contributed by atoms with Gasteiger partial charge >= 0.3 is 0 Å². The predicted molar refractivity (Wildman–Crippen MR) is 124 cm³/mol. The Kier molecular flexibility index (Phi) is 3.74. The zero-order valence-corrected chi connectivity index (χ0v) is 17.5. The summed E-state index contributed by atoms with van der Waals surface area (Å²) in [6.07, 6.45) is 0. The second-order valence-electron chi connectivity index (χ2n) is 6.13. The molecular weight excluding hydrogens is 532 g/mol. The van der Waals surface area contributed by atoms with Crippen LogP contribution in [0.25, 0.3) is 38.3 Å². The molecule has 1 heterocycles. The van der Waals surface area contributed by atoms with Crippen LogP contribution in [0.3, 0.4) is 0 Å². The highest BCUT2D eigenvalue weighted by Crippen LogP contribution is 2.38. The van der Waals surface area contributed by atoms with Gasteiger partial charge in [-0.3, -0.25) is 0 Å². The SMILES string of the molecule is Ic1ccc2c(c1)c1cc(I)c3ccccc3c1n2-c1ccccc1. The summed E-state index contributed by atoms with van der Waals surface area (Å²) in [5.74, 6) is 0. The predicted octanol–water partition coefficient (Wildman–Crippen LogP) is 7.15. The number of nitrogens with zero attached hydrogens (tertiary/aromatic N) is 1. The lowest BCUT2D eigenvalue weighted by Crippen LogP contribution is -1.94. The lowest BCUT2D eigenvalue weighted by atomic mass is 10.1. The molecule has 3 heteroatoms. The number of hydrogen-bond donors (Lipinski definition) is 0. The number of rotatable bonds is 1. The minimum Gasteiger partial charge on any atom is -0.309 e. The van der Waals surface area contributed by atoms with Crippen LogP contribution in [0.4, 0.5) is 0 Å². The van der Waals surface area contributed by atoms with Gasteiger partial charge in [-0.1, -0.05) is 42.5 Å². The maximum absolute atomic E-state index is 2.46. The molecule has 0 saturated heterocycles. The van der Waals surface area contributed by atoms with Crippen molar-refractivity contribution in [2.45, 2.75) is 0 Å². The van der Waals surface area contributed by atoms with Crippen LogP contribution in [-0.4, -0.2) is 4.57 Å². The third-order valence-corrected chi connectivity index (χ3v) is 6.26. The van der Waals surface area contributed by atoms with E-state index >= 15 is 0 Å². The summed E-state index contributed by atoms with van der Waals surface area (Å²) in [5.41, 5.74) is 3.75. The van der Waals surface area contributed by atoms with Crippen LogP contribution in [0.1, 0.15) is 0 Å². The van der Waals surface area contributed by atoms with E-state index in [1.165, 1.54) is 45.4 Å². The van der Waals surface area contributed by atoms with Crippen molar-refractivity contribution in [1.82, 2.24) is 4.57 Å². The zero-order chi connectivity index (χ0) is 17.0. The van der Waals surface area contributed by atoms with Gasteiger partial charge in [-0.05, 0) is 87.0 Å². The van der Waals surface area contributed by atoms with E-state index in [2.05, 4.69) is 129 Å². The van der Waals surface area contributed by atoms with Gasteiger partial charge in [0.15, 0.2) is 0 Å². The Bertz CT molecular complexity index is 1250. The monoisotopic (exact) mass is 545 g/mol. The Morgan fingerprint density at radius 1 is 0.600 bits per heavy atom. The van der Waals surface area contributed by atoms with Crippen molar-refractivity contribution in [3.05, 3.63) is 86.0 Å². The Hall–Kier alpha value is -1.60. The molecule has 0 N–H and O–H groups in total. The van der Waals surface area contributed by atoms with Crippen molar-refractivity contribution in [2.75, 3.05) is 0 Å². The first kappa shape index (κ1) is 15.6. The fraction of sp³-hybridized carbons (Fsp3) is 0. The fourth-order valence-corrected chi connectivity index (χ4v) is 4.92. The molecule has 0 aliphatic heterocycles. The van der Waals surface area contributed by atoms with E-state index in [1.54, 1.807) is 0 Å². The van der Waals surface area contributed by atoms with Gasteiger partial charge in [-0.25, -0.2) is 0 Å². The van der Waals surface area contributed by atoms with E-state index < -0.39 is 0 Å². The van der Waals surface area contributed by atoms with Gasteiger partial charge < -0.3 is 4.57 Å². The molecule has 0 saturated carbocycles. The average Bonchev–Trinajstić information content (AvgIpc) is 2.96. The van der Waals surface area contributed by atoms with Crippen molar-refractivity contribution in [3.8, 4) is 5.69 Å². The molecule has 0 aliphatic carbocycles. The first-order valence-corrected chi connectivity index (χ1v) is 10.3. The Labute approximate surface area is 172 Å². The van der Waals surface area contributed by atoms with Crippen LogP contribution in [0.2, 0.25) is 0 Å². The van der Waals surface area contributed by atoms with Crippen LogP contribution >= 0.6 is 45.2 Å². The normalized spacial score (nSPS) is 11.6. The van der Waals surface area contributed by atoms with Crippen molar-refractivity contribution < 1.29 is 0 Å². The minimum absolute atomic E-state index is 1.20. The number of halogens is 2. The van der Waals surface area contributed by atoms with Gasteiger partial charge in [-0.15, -0.1) is 0 Å². The number of para-hydroxylation sites is 1. The Morgan fingerprint density at radius 2 is 1.32 bits per heavy atom. The largest absolute Gasteiger partial charge is 0.309 e. The summed E-state index contributed by atoms with van der Waals surface area (Å²) in [7, 11) is 0. The molecule has 120 valence electrons. The van der Waals surface area contributed by atoms with Gasteiger partial charge in [0.2, 0.25) is 0 Å². The molecule has 1 nitrogen and oxygen atoms in total. The molecule has 1 aromatic heterocycles. The summed E-state index contributed by atoms with van der Waals surface area (Å²) in [6.45, 7) is 0. The first-order chi connectivity index (χ1) is 12.2. The van der Waals surface area contributed by atoms with E-state index in [9.17, 15) is 0 Å². The van der Waals surface area contributed by atoms with Crippen LogP contribution in [0.5, 0.6) is 0 Å². The zero-order valence-electron chi connectivity index (χ0n) is 13.2. The number of fused-ring (bicyclic) bond motifs is 5. The Balaban J connectivity index is 2.11. The second-order valence-corrected chi connectivity index (χ2v) is 8.54. The lowest BCUT2D eigenvalue weighted by molar-refractivity contribution is 1.19. The summed E-state index contributed by atoms with van der Waals surface area (Å²) in [5, 5.41) is 5.25. The second kappa shape index (κ2) is 5.99. The maximum atomic E-state index is 2.46. The van der Waals surface area contributed by atoms with Gasteiger partial charge in [0, 0.05) is 29.0 Å². The molecule has 4 aromatic carbocycles. The van der Waals surface area contributed by atoms with E-state index in [0.717, 1.165) is 0 Å². The average molecular weight is 545 g/mol. The highest BCUT2D eigenvalue weighted by molar-refractivity contribution is 14.1. The van der Waals surface area contributed by atoms with Gasteiger partial charge in [0.25, 0.3) is 0 Å². The van der Waals surface area contributed by atoms with Crippen LogP contribution in [-0.2, 0) is 0 Å². The molecule has 0 aliphatic rings. The molecule has 0 radical (unpaired) electrons. The fourth-order valence-electron chi connectivity index (χ4n) is 3.65. The first-order valence-electron chi connectivity index (χ1n) is 8.10. The van der Waals surface area contributed by atoms with Gasteiger partial charge in [0.05, 0.1) is 11.0 Å². The van der Waals surface area contributed by atoms with Crippen molar-refractivity contribution in [2.24, 2.45) is 0 Å². The van der Waals surface area contributed by atoms with E-state index in [0.29, 0.717) is 0 Å². The van der Waals surface area contributed by atoms with Crippen LogP contribution in [0.15, 0.2) is 78.9 Å².